The molecule has 0 unspecified atom stereocenters. The van der Waals surface area contributed by atoms with E-state index < -0.39 is 17.5 Å². The average molecular weight is 396 g/mol. The number of benzene rings is 2. The van der Waals surface area contributed by atoms with Crippen LogP contribution in [0.5, 0.6) is 5.75 Å². The van der Waals surface area contributed by atoms with Crippen LogP contribution >= 0.6 is 31.9 Å². The monoisotopic (exact) mass is 394 g/mol. The first-order valence-corrected chi connectivity index (χ1v) is 6.77. The van der Waals surface area contributed by atoms with E-state index >= 15 is 0 Å². The highest BCUT2D eigenvalue weighted by Gasteiger charge is 2.12. The molecule has 0 radical (unpaired) electrons. The van der Waals surface area contributed by atoms with Crippen molar-refractivity contribution in [2.24, 2.45) is 0 Å². The van der Waals surface area contributed by atoms with Crippen molar-refractivity contribution in [1.82, 2.24) is 0 Å². The van der Waals surface area contributed by atoms with Crippen LogP contribution in [0.25, 0.3) is 0 Å². The van der Waals surface area contributed by atoms with E-state index in [9.17, 15) is 13.2 Å². The molecule has 2 aromatic carbocycles. The van der Waals surface area contributed by atoms with E-state index in [4.69, 9.17) is 4.74 Å². The molecule has 19 heavy (non-hydrogen) atoms. The van der Waals surface area contributed by atoms with Crippen molar-refractivity contribution < 1.29 is 17.9 Å². The van der Waals surface area contributed by atoms with E-state index in [-0.39, 0.29) is 17.9 Å². The molecule has 0 atom stereocenters. The number of hydrogen-bond acceptors (Lipinski definition) is 1. The van der Waals surface area contributed by atoms with Crippen LogP contribution in [0.2, 0.25) is 0 Å². The number of ether oxygens (including phenoxy) is 1. The Labute approximate surface area is 124 Å². The van der Waals surface area contributed by atoms with E-state index in [1.807, 2.05) is 0 Å². The Bertz CT molecular complexity index is 617. The summed E-state index contributed by atoms with van der Waals surface area (Å²) in [6.07, 6.45) is 0. The van der Waals surface area contributed by atoms with Gasteiger partial charge in [0.15, 0.2) is 11.6 Å². The lowest BCUT2D eigenvalue weighted by Gasteiger charge is -2.09. The Kier molecular flexibility index (Phi) is 4.52. The van der Waals surface area contributed by atoms with Gasteiger partial charge < -0.3 is 4.74 Å². The van der Waals surface area contributed by atoms with Gasteiger partial charge in [0.25, 0.3) is 0 Å². The van der Waals surface area contributed by atoms with Crippen molar-refractivity contribution in [3.63, 3.8) is 0 Å². The summed E-state index contributed by atoms with van der Waals surface area (Å²) >= 11 is 6.23. The third-order valence-electron chi connectivity index (χ3n) is 2.35. The van der Waals surface area contributed by atoms with Gasteiger partial charge in [-0.15, -0.1) is 0 Å². The third kappa shape index (κ3) is 3.51. The molecule has 0 N–H and O–H groups in total. The zero-order chi connectivity index (χ0) is 14.0. The molecule has 0 saturated heterocycles. The van der Waals surface area contributed by atoms with Crippen LogP contribution in [0.15, 0.2) is 39.3 Å². The Hall–Kier alpha value is -1.01. The Balaban J connectivity index is 2.21. The van der Waals surface area contributed by atoms with Crippen molar-refractivity contribution in [3.05, 3.63) is 62.3 Å². The maximum atomic E-state index is 13.5. The lowest BCUT2D eigenvalue weighted by Crippen LogP contribution is -2.01. The van der Waals surface area contributed by atoms with E-state index in [0.717, 1.165) is 6.07 Å². The van der Waals surface area contributed by atoms with Gasteiger partial charge in [-0.3, -0.25) is 0 Å². The molecular weight excluding hydrogens is 389 g/mol. The average Bonchev–Trinajstić information content (AvgIpc) is 2.35. The van der Waals surface area contributed by atoms with Gasteiger partial charge in [-0.25, -0.2) is 8.78 Å². The van der Waals surface area contributed by atoms with Crippen molar-refractivity contribution in [3.8, 4) is 5.75 Å². The quantitative estimate of drug-likeness (QED) is 0.648. The number of rotatable bonds is 3. The molecule has 0 bridgehead atoms. The second-order valence-electron chi connectivity index (χ2n) is 3.72. The minimum atomic E-state index is -1.10. The molecule has 1 nitrogen and oxygen atoms in total. The van der Waals surface area contributed by atoms with Gasteiger partial charge in [-0.1, -0.05) is 31.9 Å². The zero-order valence-electron chi connectivity index (χ0n) is 9.39. The van der Waals surface area contributed by atoms with Crippen LogP contribution in [-0.2, 0) is 6.61 Å². The highest BCUT2D eigenvalue weighted by atomic mass is 79.9. The number of halogens is 5. The minimum Gasteiger partial charge on any atom is -0.486 e. The molecule has 0 aliphatic heterocycles. The molecular formula is C13H7Br2F3O. The molecule has 2 rings (SSSR count). The highest BCUT2D eigenvalue weighted by Crippen LogP contribution is 2.26. The molecule has 0 aromatic heterocycles. The normalized spacial score (nSPS) is 10.6. The van der Waals surface area contributed by atoms with E-state index in [2.05, 4.69) is 31.9 Å². The van der Waals surface area contributed by atoms with Crippen LogP contribution in [0.3, 0.4) is 0 Å². The smallest absolute Gasteiger partial charge is 0.200 e. The van der Waals surface area contributed by atoms with Crippen molar-refractivity contribution in [2.75, 3.05) is 0 Å². The van der Waals surface area contributed by atoms with Gasteiger partial charge in [0.1, 0.15) is 12.4 Å². The second-order valence-corrected chi connectivity index (χ2v) is 5.56. The largest absolute Gasteiger partial charge is 0.486 e. The molecule has 0 amide bonds. The Morgan fingerprint density at radius 1 is 0.895 bits per heavy atom. The van der Waals surface area contributed by atoms with Gasteiger partial charge in [-0.05, 0) is 30.3 Å². The molecule has 0 saturated carbocycles. The highest BCUT2D eigenvalue weighted by molar-refractivity contribution is 9.10. The fourth-order valence-corrected chi connectivity index (χ4v) is 2.26. The first-order chi connectivity index (χ1) is 8.97. The molecule has 0 fully saturated rings. The van der Waals surface area contributed by atoms with Crippen LogP contribution in [0, 0.1) is 17.5 Å². The topological polar surface area (TPSA) is 9.23 Å². The Morgan fingerprint density at radius 2 is 1.63 bits per heavy atom. The van der Waals surface area contributed by atoms with Crippen molar-refractivity contribution in [2.45, 2.75) is 6.61 Å². The van der Waals surface area contributed by atoms with Gasteiger partial charge in [0, 0.05) is 14.5 Å². The van der Waals surface area contributed by atoms with E-state index in [1.54, 1.807) is 0 Å². The fraction of sp³-hybridized carbons (Fsp3) is 0.0769. The molecule has 0 spiro atoms. The van der Waals surface area contributed by atoms with Crippen molar-refractivity contribution >= 4 is 31.9 Å². The second kappa shape index (κ2) is 5.96. The zero-order valence-corrected chi connectivity index (χ0v) is 12.6. The maximum Gasteiger partial charge on any atom is 0.200 e. The van der Waals surface area contributed by atoms with Gasteiger partial charge >= 0.3 is 0 Å². The summed E-state index contributed by atoms with van der Waals surface area (Å²) in [5.41, 5.74) is 0.245. The summed E-state index contributed by atoms with van der Waals surface area (Å²) in [5.74, 6) is -2.87. The number of hydrogen-bond donors (Lipinski definition) is 0. The minimum absolute atomic E-state index is 0.196. The van der Waals surface area contributed by atoms with Crippen LogP contribution < -0.4 is 4.74 Å². The lowest BCUT2D eigenvalue weighted by atomic mass is 10.2. The summed E-state index contributed by atoms with van der Waals surface area (Å²) in [6, 6.07) is 6.59. The molecule has 2 aromatic rings. The molecule has 6 heteroatoms. The van der Waals surface area contributed by atoms with Gasteiger partial charge in [0.05, 0.1) is 0 Å². The van der Waals surface area contributed by atoms with Gasteiger partial charge in [-0.2, -0.15) is 4.39 Å². The third-order valence-corrected chi connectivity index (χ3v) is 3.30. The van der Waals surface area contributed by atoms with Crippen LogP contribution in [0.4, 0.5) is 13.2 Å². The van der Waals surface area contributed by atoms with Crippen LogP contribution in [-0.4, -0.2) is 0 Å². The summed E-state index contributed by atoms with van der Waals surface area (Å²) in [5, 5.41) is 0. The Morgan fingerprint density at radius 3 is 2.37 bits per heavy atom. The summed E-state index contributed by atoms with van der Waals surface area (Å²) in [4.78, 5) is 0. The molecule has 0 aliphatic carbocycles. The first kappa shape index (κ1) is 14.4. The molecule has 0 heterocycles. The van der Waals surface area contributed by atoms with Crippen molar-refractivity contribution in [1.29, 1.82) is 0 Å². The summed E-state index contributed by atoms with van der Waals surface area (Å²) in [7, 11) is 0. The summed E-state index contributed by atoms with van der Waals surface area (Å²) < 4.78 is 46.2. The standard InChI is InChI=1S/C13H7Br2F3O/c14-8-1-2-10(16)7(3-8)6-19-12-5-9(15)4-11(17)13(12)18/h1-5H,6H2. The van der Waals surface area contributed by atoms with Gasteiger partial charge in [0.2, 0.25) is 5.82 Å². The van der Waals surface area contributed by atoms with Crippen LogP contribution in [0.1, 0.15) is 5.56 Å². The maximum absolute atomic E-state index is 13.5. The lowest BCUT2D eigenvalue weighted by molar-refractivity contribution is 0.279. The SMILES string of the molecule is Fc1ccc(Br)cc1COc1cc(Br)cc(F)c1F. The predicted octanol–water partition coefficient (Wildman–Crippen LogP) is 5.21. The molecule has 100 valence electrons. The van der Waals surface area contributed by atoms with E-state index in [0.29, 0.717) is 8.95 Å². The first-order valence-electron chi connectivity index (χ1n) is 5.18. The fourth-order valence-electron chi connectivity index (χ4n) is 1.45. The molecule has 0 aliphatic rings. The summed E-state index contributed by atoms with van der Waals surface area (Å²) in [6.45, 7) is -0.196. The predicted molar refractivity (Wildman–Crippen MR) is 72.5 cm³/mol. The van der Waals surface area contributed by atoms with E-state index in [1.165, 1.54) is 24.3 Å².